The van der Waals surface area contributed by atoms with E-state index in [-0.39, 0.29) is 5.41 Å². The van der Waals surface area contributed by atoms with Gasteiger partial charge in [0, 0.05) is 39.5 Å². The van der Waals surface area contributed by atoms with Gasteiger partial charge in [0.05, 0.1) is 5.41 Å². The van der Waals surface area contributed by atoms with Gasteiger partial charge in [0.1, 0.15) is 0 Å². The molecule has 324 valence electrons. The van der Waals surface area contributed by atoms with Crippen molar-refractivity contribution in [2.45, 2.75) is 42.9 Å². The number of nitrogens with zero attached hydrogens (tertiary/aromatic N) is 2. The van der Waals surface area contributed by atoms with Gasteiger partial charge in [-0.25, -0.2) is 0 Å². The van der Waals surface area contributed by atoms with Crippen molar-refractivity contribution in [3.63, 3.8) is 0 Å². The number of benzene rings is 9. The Kier molecular flexibility index (Phi) is 9.63. The molecule has 0 atom stereocenters. The fourth-order valence-corrected chi connectivity index (χ4v) is 14.0. The summed E-state index contributed by atoms with van der Waals surface area (Å²) in [7, 11) is 0. The van der Waals surface area contributed by atoms with E-state index in [1.165, 1.54) is 99.4 Å². The van der Waals surface area contributed by atoms with Crippen LogP contribution in [0, 0.1) is 23.7 Å². The Balaban J connectivity index is 0.940. The number of hydrogen-bond acceptors (Lipinski definition) is 2. The lowest BCUT2D eigenvalue weighted by molar-refractivity contribution is -0.0418. The zero-order chi connectivity index (χ0) is 44.4. The number of para-hydroxylation sites is 3. The number of rotatable bonds is 10. The summed E-state index contributed by atoms with van der Waals surface area (Å²) in [5.74, 6) is 2.98. The first-order valence-corrected chi connectivity index (χ1v) is 24.5. The average Bonchev–Trinajstić information content (AvgIpc) is 3.69. The van der Waals surface area contributed by atoms with Crippen molar-refractivity contribution in [1.82, 2.24) is 0 Å². The van der Waals surface area contributed by atoms with E-state index >= 15 is 0 Å². The molecule has 0 N–H and O–H groups in total. The van der Waals surface area contributed by atoms with Crippen LogP contribution in [0.4, 0.5) is 34.1 Å². The van der Waals surface area contributed by atoms with Gasteiger partial charge in [0.15, 0.2) is 0 Å². The number of hydrogen-bond donors (Lipinski definition) is 0. The van der Waals surface area contributed by atoms with Crippen molar-refractivity contribution in [2.24, 2.45) is 23.7 Å². The normalized spacial score (nSPS) is 21.6. The zero-order valence-electron chi connectivity index (χ0n) is 37.8. The molecular weight excluding hydrogens is 809 g/mol. The SMILES string of the molecule is c1ccc(N(c2ccccc2)c2ccc(C3(c4ccc(N(c5ccccc5)c5ccc6c(c5)C(c5ccccc5)(c5ccccc5)c5ccccc5-6)cc4)C4CC5CC(C4)CC3C5)cc2)cc1. The third kappa shape index (κ3) is 6.30. The van der Waals surface area contributed by atoms with E-state index in [1.54, 1.807) is 0 Å². The van der Waals surface area contributed by atoms with Gasteiger partial charge < -0.3 is 9.80 Å². The summed E-state index contributed by atoms with van der Waals surface area (Å²) in [5, 5.41) is 0. The Hall–Kier alpha value is -7.42. The van der Waals surface area contributed by atoms with Crippen LogP contribution in [0.3, 0.4) is 0 Å². The molecular formula is C65H54N2. The lowest BCUT2D eigenvalue weighted by Crippen LogP contribution is -2.56. The Bertz CT molecular complexity index is 3060. The maximum Gasteiger partial charge on any atom is 0.0714 e. The van der Waals surface area contributed by atoms with E-state index in [2.05, 4.69) is 252 Å². The van der Waals surface area contributed by atoms with E-state index < -0.39 is 5.41 Å². The molecule has 0 aromatic heterocycles. The minimum absolute atomic E-state index is 0.0311. The van der Waals surface area contributed by atoms with Crippen LogP contribution in [0.15, 0.2) is 243 Å². The van der Waals surface area contributed by atoms with Gasteiger partial charge in [-0.15, -0.1) is 0 Å². The molecule has 4 saturated carbocycles. The van der Waals surface area contributed by atoms with Crippen LogP contribution in [0.1, 0.15) is 65.5 Å². The fraction of sp³-hybridized carbons (Fsp3) is 0.169. The Morgan fingerprint density at radius 3 is 1.10 bits per heavy atom. The van der Waals surface area contributed by atoms with Crippen LogP contribution in [0.5, 0.6) is 0 Å². The third-order valence-electron chi connectivity index (χ3n) is 16.4. The molecule has 5 aliphatic carbocycles. The quantitative estimate of drug-likeness (QED) is 0.135. The van der Waals surface area contributed by atoms with E-state index in [1.807, 2.05) is 0 Å². The zero-order valence-corrected chi connectivity index (χ0v) is 37.8. The van der Waals surface area contributed by atoms with Crippen LogP contribution in [0.25, 0.3) is 11.1 Å². The third-order valence-corrected chi connectivity index (χ3v) is 16.4. The molecule has 0 aliphatic heterocycles. The minimum atomic E-state index is -0.475. The smallest absolute Gasteiger partial charge is 0.0714 e. The van der Waals surface area contributed by atoms with Crippen molar-refractivity contribution in [3.05, 3.63) is 276 Å². The Morgan fingerprint density at radius 1 is 0.284 bits per heavy atom. The molecule has 4 bridgehead atoms. The van der Waals surface area contributed by atoms with E-state index in [4.69, 9.17) is 0 Å². The second-order valence-corrected chi connectivity index (χ2v) is 19.7. The van der Waals surface area contributed by atoms with E-state index in [9.17, 15) is 0 Å². The summed E-state index contributed by atoms with van der Waals surface area (Å²) in [4.78, 5) is 4.87. The molecule has 0 unspecified atom stereocenters. The fourth-order valence-electron chi connectivity index (χ4n) is 14.0. The van der Waals surface area contributed by atoms with Crippen molar-refractivity contribution in [3.8, 4) is 11.1 Å². The van der Waals surface area contributed by atoms with Gasteiger partial charge >= 0.3 is 0 Å². The van der Waals surface area contributed by atoms with Gasteiger partial charge in [-0.1, -0.05) is 170 Å². The highest BCUT2D eigenvalue weighted by atomic mass is 15.1. The highest BCUT2D eigenvalue weighted by Gasteiger charge is 2.58. The predicted molar refractivity (Wildman–Crippen MR) is 277 cm³/mol. The maximum absolute atomic E-state index is 2.52. The predicted octanol–water partition coefficient (Wildman–Crippen LogP) is 16.7. The lowest BCUT2D eigenvalue weighted by Gasteiger charge is -2.62. The van der Waals surface area contributed by atoms with Gasteiger partial charge in [-0.2, -0.15) is 0 Å². The monoisotopic (exact) mass is 862 g/mol. The molecule has 14 rings (SSSR count). The topological polar surface area (TPSA) is 6.48 Å². The van der Waals surface area contributed by atoms with Crippen molar-refractivity contribution in [1.29, 1.82) is 0 Å². The number of fused-ring (bicyclic) bond motifs is 3. The summed E-state index contributed by atoms with van der Waals surface area (Å²) < 4.78 is 0. The van der Waals surface area contributed by atoms with Crippen LogP contribution in [-0.4, -0.2) is 0 Å². The van der Waals surface area contributed by atoms with E-state index in [0.717, 1.165) is 23.2 Å². The Labute approximate surface area is 395 Å². The van der Waals surface area contributed by atoms with Crippen LogP contribution in [0.2, 0.25) is 0 Å². The van der Waals surface area contributed by atoms with E-state index in [0.29, 0.717) is 11.8 Å². The second kappa shape index (κ2) is 16.2. The Morgan fingerprint density at radius 2 is 0.642 bits per heavy atom. The molecule has 0 spiro atoms. The van der Waals surface area contributed by atoms with Gasteiger partial charge in [-0.05, 0) is 173 Å². The van der Waals surface area contributed by atoms with Crippen molar-refractivity contribution < 1.29 is 0 Å². The summed E-state index contributed by atoms with van der Waals surface area (Å²) in [6, 6.07) is 90.8. The largest absolute Gasteiger partial charge is 0.311 e. The molecule has 2 nitrogen and oxygen atoms in total. The molecule has 2 heteroatoms. The summed E-state index contributed by atoms with van der Waals surface area (Å²) >= 11 is 0. The molecule has 9 aromatic carbocycles. The molecule has 0 amide bonds. The van der Waals surface area contributed by atoms with Crippen LogP contribution in [-0.2, 0) is 10.8 Å². The molecule has 0 heterocycles. The molecule has 0 saturated heterocycles. The molecule has 5 aliphatic rings. The van der Waals surface area contributed by atoms with Crippen molar-refractivity contribution >= 4 is 34.1 Å². The highest BCUT2D eigenvalue weighted by molar-refractivity contribution is 5.89. The van der Waals surface area contributed by atoms with Gasteiger partial charge in [0.25, 0.3) is 0 Å². The average molecular weight is 863 g/mol. The first kappa shape index (κ1) is 39.9. The van der Waals surface area contributed by atoms with Gasteiger partial charge in [-0.3, -0.25) is 0 Å². The first-order chi connectivity index (χ1) is 33.2. The van der Waals surface area contributed by atoms with Gasteiger partial charge in [0.2, 0.25) is 0 Å². The first-order valence-electron chi connectivity index (χ1n) is 24.5. The lowest BCUT2D eigenvalue weighted by atomic mass is 9.42. The maximum atomic E-state index is 2.52. The molecule has 0 radical (unpaired) electrons. The molecule has 4 fully saturated rings. The highest BCUT2D eigenvalue weighted by Crippen LogP contribution is 2.65. The van der Waals surface area contributed by atoms with Crippen LogP contribution >= 0.6 is 0 Å². The summed E-state index contributed by atoms with van der Waals surface area (Å²) in [6.07, 6.45) is 6.74. The molecule has 67 heavy (non-hydrogen) atoms. The van der Waals surface area contributed by atoms with Crippen molar-refractivity contribution in [2.75, 3.05) is 9.80 Å². The number of anilines is 6. The molecule has 9 aromatic rings. The standard InChI is InChI=1S/C65H54N2/c1-6-18-48(19-7-1)65(49-20-8-2-9-21-49)62-29-17-16-28-60(62)61-39-38-59(45-63(61)65)67(56-26-14-5-15-27-56)58-36-32-51(33-37-58)64(52-41-46-40-47(43-52)44-53(64)42-46)50-30-34-57(35-31-50)66(54-22-10-3-11-23-54)55-24-12-4-13-25-55/h1-39,45-47,52-53H,40-44H2. The van der Waals surface area contributed by atoms with Crippen LogP contribution < -0.4 is 9.80 Å². The second-order valence-electron chi connectivity index (χ2n) is 19.7. The summed E-state index contributed by atoms with van der Waals surface area (Å²) in [5.41, 5.74) is 17.3. The summed E-state index contributed by atoms with van der Waals surface area (Å²) in [6.45, 7) is 0. The minimum Gasteiger partial charge on any atom is -0.311 e.